The summed E-state index contributed by atoms with van der Waals surface area (Å²) < 4.78 is 16.0. The van der Waals surface area contributed by atoms with Crippen LogP contribution in [0.5, 0.6) is 5.75 Å². The normalized spacial score (nSPS) is 19.8. The van der Waals surface area contributed by atoms with E-state index in [9.17, 15) is 19.1 Å². The number of carbonyl (C=O) groups excluding carboxylic acids is 2. The van der Waals surface area contributed by atoms with E-state index in [2.05, 4.69) is 4.98 Å². The number of aromatic nitrogens is 2. The van der Waals surface area contributed by atoms with Crippen molar-refractivity contribution < 1.29 is 19.1 Å². The second kappa shape index (κ2) is 10.2. The minimum atomic E-state index is -0.553. The van der Waals surface area contributed by atoms with E-state index in [-0.39, 0.29) is 34.0 Å². The first-order chi connectivity index (χ1) is 17.8. The lowest BCUT2D eigenvalue weighted by Gasteiger charge is -2.45. The summed E-state index contributed by atoms with van der Waals surface area (Å²) in [6.07, 6.45) is 9.14. The highest BCUT2D eigenvalue weighted by molar-refractivity contribution is 6.32. The minimum absolute atomic E-state index is 0.0547. The molecular formula is C27H25Cl2FN4O3. The lowest BCUT2D eigenvalue weighted by Crippen LogP contribution is -2.58. The highest BCUT2D eigenvalue weighted by Gasteiger charge is 2.46. The molecule has 0 radical (unpaired) electrons. The quantitative estimate of drug-likeness (QED) is 0.451. The van der Waals surface area contributed by atoms with Gasteiger partial charge in [0, 0.05) is 30.7 Å². The second-order valence-electron chi connectivity index (χ2n) is 9.43. The summed E-state index contributed by atoms with van der Waals surface area (Å²) in [4.78, 5) is 34.5. The zero-order chi connectivity index (χ0) is 26.2. The standard InChI is InChI=1S/C27H25Cl2FN4O3/c28-19-5-7-23(22(30)13-19)33-17-31-15-24(33)26(37)32-11-1-9-27(16-32)10-2-12-34(27)25(36)8-4-18-3-6-20(35)14-21(18)29/h3-8,13-15,17,35H,1-2,9-12,16H2/b8-4+. The number of hydrogen-bond acceptors (Lipinski definition) is 4. The molecule has 2 amide bonds. The van der Waals surface area contributed by atoms with Crippen LogP contribution in [0.4, 0.5) is 4.39 Å². The minimum Gasteiger partial charge on any atom is -0.508 e. The molecule has 2 aromatic carbocycles. The third-order valence-electron chi connectivity index (χ3n) is 7.12. The van der Waals surface area contributed by atoms with Gasteiger partial charge >= 0.3 is 0 Å². The van der Waals surface area contributed by atoms with E-state index in [0.29, 0.717) is 30.2 Å². The van der Waals surface area contributed by atoms with Crippen LogP contribution in [0.3, 0.4) is 0 Å². The molecule has 2 saturated heterocycles. The van der Waals surface area contributed by atoms with Crippen molar-refractivity contribution in [1.82, 2.24) is 19.4 Å². The van der Waals surface area contributed by atoms with Gasteiger partial charge in [0.2, 0.25) is 5.91 Å². The number of phenols is 1. The number of halogens is 3. The number of likely N-dealkylation sites (tertiary alicyclic amines) is 2. The number of phenolic OH excluding ortho intramolecular Hbond substituents is 1. The average Bonchev–Trinajstić information content (AvgIpc) is 3.50. The van der Waals surface area contributed by atoms with E-state index in [4.69, 9.17) is 23.2 Å². The first-order valence-electron chi connectivity index (χ1n) is 12.0. The van der Waals surface area contributed by atoms with E-state index in [0.717, 1.165) is 25.7 Å². The Morgan fingerprint density at radius 1 is 1.08 bits per heavy atom. The van der Waals surface area contributed by atoms with Gasteiger partial charge < -0.3 is 14.9 Å². The Morgan fingerprint density at radius 2 is 1.86 bits per heavy atom. The molecular weight excluding hydrogens is 518 g/mol. The lowest BCUT2D eigenvalue weighted by atomic mass is 9.86. The molecule has 2 fully saturated rings. The van der Waals surface area contributed by atoms with Crippen LogP contribution >= 0.6 is 23.2 Å². The van der Waals surface area contributed by atoms with E-state index in [1.54, 1.807) is 23.1 Å². The molecule has 2 aliphatic heterocycles. The molecule has 192 valence electrons. The highest BCUT2D eigenvalue weighted by Crippen LogP contribution is 2.38. The fourth-order valence-corrected chi connectivity index (χ4v) is 5.78. The number of rotatable bonds is 4. The fourth-order valence-electron chi connectivity index (χ4n) is 5.38. The van der Waals surface area contributed by atoms with Crippen molar-refractivity contribution in [2.45, 2.75) is 31.2 Å². The summed E-state index contributed by atoms with van der Waals surface area (Å²) in [5, 5.41) is 10.2. The van der Waals surface area contributed by atoms with Crippen LogP contribution < -0.4 is 0 Å². The van der Waals surface area contributed by atoms with Gasteiger partial charge in [-0.3, -0.25) is 14.2 Å². The van der Waals surface area contributed by atoms with E-state index in [1.807, 2.05) is 4.90 Å². The van der Waals surface area contributed by atoms with Crippen molar-refractivity contribution in [3.05, 3.63) is 82.1 Å². The number of hydrogen-bond donors (Lipinski definition) is 1. The molecule has 7 nitrogen and oxygen atoms in total. The van der Waals surface area contributed by atoms with Crippen LogP contribution in [0.15, 0.2) is 55.0 Å². The molecule has 1 spiro atoms. The molecule has 1 atom stereocenters. The van der Waals surface area contributed by atoms with Gasteiger partial charge in [-0.25, -0.2) is 9.37 Å². The summed E-state index contributed by atoms with van der Waals surface area (Å²) in [5.41, 5.74) is 0.595. The molecule has 3 aromatic rings. The Kier molecular flexibility index (Phi) is 6.96. The van der Waals surface area contributed by atoms with Crippen molar-refractivity contribution in [2.24, 2.45) is 0 Å². The van der Waals surface area contributed by atoms with Crippen LogP contribution in [-0.2, 0) is 4.79 Å². The Balaban J connectivity index is 1.36. The third-order valence-corrected chi connectivity index (χ3v) is 7.68. The van der Waals surface area contributed by atoms with Crippen molar-refractivity contribution in [3.63, 3.8) is 0 Å². The number of aromatic hydroxyl groups is 1. The van der Waals surface area contributed by atoms with Crippen LogP contribution in [-0.4, -0.2) is 61.4 Å². The van der Waals surface area contributed by atoms with Crippen molar-refractivity contribution in [3.8, 4) is 11.4 Å². The van der Waals surface area contributed by atoms with Crippen LogP contribution in [0.25, 0.3) is 11.8 Å². The largest absolute Gasteiger partial charge is 0.508 e. The van der Waals surface area contributed by atoms with E-state index in [1.165, 1.54) is 47.4 Å². The average molecular weight is 543 g/mol. The van der Waals surface area contributed by atoms with Crippen molar-refractivity contribution in [2.75, 3.05) is 19.6 Å². The summed E-state index contributed by atoms with van der Waals surface area (Å²) >= 11 is 12.1. The molecule has 10 heteroatoms. The molecule has 1 unspecified atom stereocenters. The van der Waals surface area contributed by atoms with Gasteiger partial charge in [0.25, 0.3) is 5.91 Å². The molecule has 3 heterocycles. The first kappa shape index (κ1) is 25.3. The molecule has 0 aliphatic carbocycles. The summed E-state index contributed by atoms with van der Waals surface area (Å²) in [6.45, 7) is 1.53. The summed E-state index contributed by atoms with van der Waals surface area (Å²) in [7, 11) is 0. The summed E-state index contributed by atoms with van der Waals surface area (Å²) in [6, 6.07) is 8.85. The van der Waals surface area contributed by atoms with Gasteiger partial charge in [-0.15, -0.1) is 0 Å². The first-order valence-corrected chi connectivity index (χ1v) is 12.8. The number of amides is 2. The summed E-state index contributed by atoms with van der Waals surface area (Å²) in [5.74, 6) is -0.914. The van der Waals surface area contributed by atoms with Gasteiger partial charge in [0.15, 0.2) is 0 Å². The maximum absolute atomic E-state index is 14.6. The Morgan fingerprint density at radius 3 is 2.62 bits per heavy atom. The second-order valence-corrected chi connectivity index (χ2v) is 10.3. The van der Waals surface area contributed by atoms with E-state index >= 15 is 0 Å². The van der Waals surface area contributed by atoms with Gasteiger partial charge in [0.1, 0.15) is 17.3 Å². The fraction of sp³-hybridized carbons (Fsp3) is 0.296. The number of benzene rings is 2. The number of carbonyl (C=O) groups is 2. The zero-order valence-corrected chi connectivity index (χ0v) is 21.4. The molecule has 1 N–H and O–H groups in total. The molecule has 5 rings (SSSR count). The SMILES string of the molecule is O=C(c1cncn1-c1ccc(Cl)cc1F)N1CCCC2(CCCN2C(=O)/C=C/c2ccc(O)cc2Cl)C1. The highest BCUT2D eigenvalue weighted by atomic mass is 35.5. The molecule has 0 saturated carbocycles. The van der Waals surface area contributed by atoms with Crippen molar-refractivity contribution >= 4 is 41.1 Å². The maximum Gasteiger partial charge on any atom is 0.272 e. The Labute approximate surface area is 223 Å². The topological polar surface area (TPSA) is 78.7 Å². The Bertz CT molecular complexity index is 1390. The van der Waals surface area contributed by atoms with Crippen LogP contribution in [0, 0.1) is 5.82 Å². The molecule has 1 aromatic heterocycles. The molecule has 37 heavy (non-hydrogen) atoms. The third kappa shape index (κ3) is 4.95. The smallest absolute Gasteiger partial charge is 0.272 e. The number of piperidine rings is 1. The maximum atomic E-state index is 14.6. The molecule has 0 bridgehead atoms. The number of imidazole rings is 1. The lowest BCUT2D eigenvalue weighted by molar-refractivity contribution is -0.131. The predicted molar refractivity (Wildman–Crippen MR) is 139 cm³/mol. The monoisotopic (exact) mass is 542 g/mol. The molecule has 2 aliphatic rings. The zero-order valence-electron chi connectivity index (χ0n) is 19.9. The van der Waals surface area contributed by atoms with Gasteiger partial charge in [-0.05, 0) is 73.7 Å². The van der Waals surface area contributed by atoms with E-state index < -0.39 is 11.4 Å². The van der Waals surface area contributed by atoms with Crippen LogP contribution in [0.2, 0.25) is 10.0 Å². The van der Waals surface area contributed by atoms with Gasteiger partial charge in [-0.1, -0.05) is 23.2 Å². The predicted octanol–water partition coefficient (Wildman–Crippen LogP) is 5.33. The van der Waals surface area contributed by atoms with Gasteiger partial charge in [0.05, 0.1) is 28.8 Å². The Hall–Kier alpha value is -3.36. The van der Waals surface area contributed by atoms with Crippen LogP contribution in [0.1, 0.15) is 41.7 Å². The number of nitrogens with zero attached hydrogens (tertiary/aromatic N) is 4. The van der Waals surface area contributed by atoms with Gasteiger partial charge in [-0.2, -0.15) is 0 Å². The van der Waals surface area contributed by atoms with Crippen molar-refractivity contribution in [1.29, 1.82) is 0 Å².